The number of aromatic amines is 1. The summed E-state index contributed by atoms with van der Waals surface area (Å²) in [5, 5.41) is 10.2. The van der Waals surface area contributed by atoms with Crippen LogP contribution >= 0.6 is 8.03 Å². The number of nitrogens with one attached hydrogen (secondary N) is 1. The van der Waals surface area contributed by atoms with E-state index in [1.807, 2.05) is 0 Å². The van der Waals surface area contributed by atoms with Crippen molar-refractivity contribution in [3.05, 3.63) is 18.2 Å². The van der Waals surface area contributed by atoms with Crippen LogP contribution in [0.5, 0.6) is 0 Å². The highest BCUT2D eigenvalue weighted by Gasteiger charge is 2.08. The molecule has 2 aromatic rings. The van der Waals surface area contributed by atoms with E-state index in [0.717, 1.165) is 0 Å². The van der Waals surface area contributed by atoms with Crippen molar-refractivity contribution in [3.63, 3.8) is 0 Å². The minimum Gasteiger partial charge on any atom is -0.591 e. The number of hydrogen-bond donors (Lipinski definition) is 1. The van der Waals surface area contributed by atoms with E-state index in [2.05, 4.69) is 15.4 Å². The van der Waals surface area contributed by atoms with Gasteiger partial charge < -0.3 is 4.89 Å². The van der Waals surface area contributed by atoms with Crippen molar-refractivity contribution in [1.29, 1.82) is 0 Å². The Morgan fingerprint density at radius 2 is 2.08 bits per heavy atom. The largest absolute Gasteiger partial charge is 0.591 e. The standard InChI is InChI=1S/C6H4N3O2P/c10-12(11)4-1-2-5-6(3-4)8-9-7-5/h1-3H,(H,7,8,9). The molecule has 6 heteroatoms. The molecule has 1 aromatic heterocycles. The first-order valence-electron chi connectivity index (χ1n) is 3.22. The quantitative estimate of drug-likeness (QED) is 0.611. The monoisotopic (exact) mass is 181 g/mol. The second kappa shape index (κ2) is 2.62. The molecule has 1 N–H and O–H groups in total. The molecule has 1 heterocycles. The smallest absolute Gasteiger partial charge is 0.348 e. The first-order valence-corrected chi connectivity index (χ1v) is 4.40. The summed E-state index contributed by atoms with van der Waals surface area (Å²) < 4.78 is 10.5. The molecule has 0 bridgehead atoms. The molecule has 2 rings (SSSR count). The number of nitrogens with zero attached hydrogens (tertiary/aromatic N) is 2. The summed E-state index contributed by atoms with van der Waals surface area (Å²) in [6, 6.07) is 4.58. The fourth-order valence-electron chi connectivity index (χ4n) is 0.942. The highest BCUT2D eigenvalue weighted by Crippen LogP contribution is 2.11. The Balaban J connectivity index is 2.68. The lowest BCUT2D eigenvalue weighted by atomic mass is 10.3. The van der Waals surface area contributed by atoms with E-state index < -0.39 is 8.03 Å². The average Bonchev–Trinajstić information content (AvgIpc) is 2.49. The Kier molecular flexibility index (Phi) is 1.60. The molecule has 0 aliphatic carbocycles. The molecule has 60 valence electrons. The van der Waals surface area contributed by atoms with Gasteiger partial charge in [0.15, 0.2) is 5.30 Å². The van der Waals surface area contributed by atoms with E-state index in [4.69, 9.17) is 0 Å². The van der Waals surface area contributed by atoms with E-state index in [1.54, 1.807) is 6.07 Å². The first kappa shape index (κ1) is 7.34. The fraction of sp³-hybridized carbons (Fsp3) is 0. The number of rotatable bonds is 1. The third-order valence-electron chi connectivity index (χ3n) is 1.51. The summed E-state index contributed by atoms with van der Waals surface area (Å²) in [7, 11) is -2.53. The SMILES string of the molecule is O=[P+]([O-])c1ccc2n[nH]nc2c1. The highest BCUT2D eigenvalue weighted by atomic mass is 31.1. The van der Waals surface area contributed by atoms with Crippen LogP contribution in [-0.4, -0.2) is 15.4 Å². The van der Waals surface area contributed by atoms with Gasteiger partial charge in [-0.1, -0.05) is 4.57 Å². The van der Waals surface area contributed by atoms with E-state index >= 15 is 0 Å². The summed E-state index contributed by atoms with van der Waals surface area (Å²) in [5.41, 5.74) is 1.22. The van der Waals surface area contributed by atoms with Crippen molar-refractivity contribution >= 4 is 24.4 Å². The van der Waals surface area contributed by atoms with E-state index in [-0.39, 0.29) is 5.30 Å². The molecule has 1 atom stereocenters. The van der Waals surface area contributed by atoms with Crippen molar-refractivity contribution in [2.45, 2.75) is 0 Å². The van der Waals surface area contributed by atoms with Gasteiger partial charge in [0.05, 0.1) is 0 Å². The van der Waals surface area contributed by atoms with Crippen molar-refractivity contribution in [2.75, 3.05) is 0 Å². The lowest BCUT2D eigenvalue weighted by Gasteiger charge is -1.87. The van der Waals surface area contributed by atoms with Crippen LogP contribution in [0.15, 0.2) is 18.2 Å². The zero-order valence-electron chi connectivity index (χ0n) is 5.89. The number of fused-ring (bicyclic) bond motifs is 1. The summed E-state index contributed by atoms with van der Waals surface area (Å²) >= 11 is 0. The molecule has 5 nitrogen and oxygen atoms in total. The topological polar surface area (TPSA) is 81.7 Å². The van der Waals surface area contributed by atoms with Gasteiger partial charge in [0.1, 0.15) is 11.0 Å². The summed E-state index contributed by atoms with van der Waals surface area (Å²) in [4.78, 5) is 10.5. The van der Waals surface area contributed by atoms with E-state index in [9.17, 15) is 9.46 Å². The van der Waals surface area contributed by atoms with Crippen LogP contribution in [0, 0.1) is 0 Å². The van der Waals surface area contributed by atoms with E-state index in [0.29, 0.717) is 11.0 Å². The Morgan fingerprint density at radius 1 is 1.33 bits per heavy atom. The van der Waals surface area contributed by atoms with Crippen LogP contribution in [-0.2, 0) is 4.57 Å². The van der Waals surface area contributed by atoms with Crippen molar-refractivity contribution in [2.24, 2.45) is 0 Å². The molecule has 0 saturated heterocycles. The van der Waals surface area contributed by atoms with Gasteiger partial charge in [-0.3, -0.25) is 0 Å². The second-order valence-electron chi connectivity index (χ2n) is 2.25. The maximum Gasteiger partial charge on any atom is 0.348 e. The zero-order valence-corrected chi connectivity index (χ0v) is 6.78. The minimum atomic E-state index is -2.53. The Morgan fingerprint density at radius 3 is 2.83 bits per heavy atom. The Hall–Kier alpha value is -1.32. The predicted octanol–water partition coefficient (Wildman–Crippen LogP) is -0.314. The van der Waals surface area contributed by atoms with Crippen molar-refractivity contribution < 1.29 is 9.46 Å². The third kappa shape index (κ3) is 1.09. The first-order chi connectivity index (χ1) is 5.77. The van der Waals surface area contributed by atoms with Gasteiger partial charge in [0.25, 0.3) is 0 Å². The van der Waals surface area contributed by atoms with Crippen LogP contribution < -0.4 is 10.2 Å². The summed E-state index contributed by atoms with van der Waals surface area (Å²) in [6.07, 6.45) is 0. The van der Waals surface area contributed by atoms with Gasteiger partial charge >= 0.3 is 8.03 Å². The molecular weight excluding hydrogens is 177 g/mol. The molecule has 0 spiro atoms. The normalized spacial score (nSPS) is 11.9. The Labute approximate surface area is 68.3 Å². The van der Waals surface area contributed by atoms with Crippen LogP contribution in [0.1, 0.15) is 0 Å². The molecule has 0 fully saturated rings. The lowest BCUT2D eigenvalue weighted by Crippen LogP contribution is -2.03. The Bertz CT molecular complexity index is 439. The predicted molar refractivity (Wildman–Crippen MR) is 41.1 cm³/mol. The molecule has 12 heavy (non-hydrogen) atoms. The van der Waals surface area contributed by atoms with Gasteiger partial charge in [-0.05, 0) is 12.1 Å². The van der Waals surface area contributed by atoms with Gasteiger partial charge in [0.2, 0.25) is 0 Å². The fourth-order valence-corrected chi connectivity index (χ4v) is 1.37. The minimum absolute atomic E-state index is 0.256. The average molecular weight is 181 g/mol. The van der Waals surface area contributed by atoms with Crippen LogP contribution in [0.4, 0.5) is 0 Å². The number of hydrogen-bond acceptors (Lipinski definition) is 4. The van der Waals surface area contributed by atoms with Gasteiger partial charge in [-0.2, -0.15) is 15.4 Å². The summed E-state index contributed by atoms with van der Waals surface area (Å²) in [5.74, 6) is 0. The molecule has 0 radical (unpaired) electrons. The van der Waals surface area contributed by atoms with Gasteiger partial charge in [-0.25, -0.2) is 0 Å². The lowest BCUT2D eigenvalue weighted by molar-refractivity contribution is -0.160. The van der Waals surface area contributed by atoms with Crippen molar-refractivity contribution in [3.8, 4) is 0 Å². The zero-order chi connectivity index (χ0) is 8.55. The maximum atomic E-state index is 10.5. The summed E-state index contributed by atoms with van der Waals surface area (Å²) in [6.45, 7) is 0. The molecule has 1 aromatic carbocycles. The molecule has 0 saturated carbocycles. The van der Waals surface area contributed by atoms with Crippen LogP contribution in [0.25, 0.3) is 11.0 Å². The van der Waals surface area contributed by atoms with Crippen molar-refractivity contribution in [1.82, 2.24) is 15.4 Å². The van der Waals surface area contributed by atoms with Gasteiger partial charge in [-0.15, -0.1) is 0 Å². The molecule has 0 aliphatic heterocycles. The second-order valence-corrected chi connectivity index (χ2v) is 3.28. The number of H-pyrrole nitrogens is 1. The maximum absolute atomic E-state index is 10.5. The van der Waals surface area contributed by atoms with Crippen LogP contribution in [0.2, 0.25) is 0 Å². The number of aromatic nitrogens is 3. The highest BCUT2D eigenvalue weighted by molar-refractivity contribution is 7.45. The molecular formula is C6H4N3O2P. The third-order valence-corrected chi connectivity index (χ3v) is 2.21. The van der Waals surface area contributed by atoms with E-state index in [1.165, 1.54) is 12.1 Å². The molecule has 1 unspecified atom stereocenters. The van der Waals surface area contributed by atoms with Crippen LogP contribution in [0.3, 0.4) is 0 Å². The number of benzene rings is 1. The molecule has 0 amide bonds. The van der Waals surface area contributed by atoms with Gasteiger partial charge in [0, 0.05) is 6.07 Å². The molecule has 0 aliphatic rings.